The minimum absolute atomic E-state index is 0.0573. The molecule has 1 saturated carbocycles. The number of aromatic hydroxyl groups is 1. The average molecular weight is 653 g/mol. The van der Waals surface area contributed by atoms with Crippen LogP contribution in [0.5, 0.6) is 17.2 Å². The first-order valence-electron chi connectivity index (χ1n) is 16.5. The smallest absolute Gasteiger partial charge is 0.310 e. The van der Waals surface area contributed by atoms with E-state index in [1.807, 2.05) is 49.4 Å². The third-order valence-electron chi connectivity index (χ3n) is 9.27. The number of phenolic OH excluding ortho intramolecular Hbond substituents is 1. The monoisotopic (exact) mass is 652 g/mol. The van der Waals surface area contributed by atoms with Gasteiger partial charge in [0, 0.05) is 27.2 Å². The summed E-state index contributed by atoms with van der Waals surface area (Å²) in [6.07, 6.45) is 2.37. The second-order valence-electron chi connectivity index (χ2n) is 14.7. The molecule has 0 aromatic heterocycles. The van der Waals surface area contributed by atoms with Gasteiger partial charge in [0.15, 0.2) is 0 Å². The summed E-state index contributed by atoms with van der Waals surface area (Å²) in [6, 6.07) is 27.8. The topological polar surface area (TPSA) is 76.0 Å². The SMILES string of the molecule is Cc1cc(C(C)(C)c2ccc(Oc3ccc(Sc4ccc(O)cc4)cc3)c(CC(=O)O[C@]3(C)CCC[C@H](O)C3)c2)ccc1C(C)(C)C. The number of aliphatic hydroxyl groups excluding tert-OH is 1. The van der Waals surface area contributed by atoms with Crippen molar-refractivity contribution in [3.05, 3.63) is 113 Å². The van der Waals surface area contributed by atoms with E-state index >= 15 is 0 Å². The maximum atomic E-state index is 13.5. The van der Waals surface area contributed by atoms with Crippen LogP contribution in [0, 0.1) is 6.92 Å². The van der Waals surface area contributed by atoms with Crippen LogP contribution in [0.15, 0.2) is 94.7 Å². The third-order valence-corrected chi connectivity index (χ3v) is 10.3. The summed E-state index contributed by atoms with van der Waals surface area (Å²) in [6.45, 7) is 15.2. The molecule has 5 nitrogen and oxygen atoms in total. The van der Waals surface area contributed by atoms with E-state index in [1.165, 1.54) is 16.7 Å². The number of carbonyl (C=O) groups excluding carboxylic acids is 1. The zero-order valence-electron chi connectivity index (χ0n) is 28.7. The Hall–Kier alpha value is -3.74. The van der Waals surface area contributed by atoms with Crippen molar-refractivity contribution in [1.82, 2.24) is 0 Å². The molecule has 2 N–H and O–H groups in total. The molecule has 6 heteroatoms. The fourth-order valence-electron chi connectivity index (χ4n) is 6.59. The zero-order valence-corrected chi connectivity index (χ0v) is 29.5. The molecule has 47 heavy (non-hydrogen) atoms. The Labute approximate surface area is 284 Å². The molecule has 2 atom stereocenters. The molecule has 1 fully saturated rings. The molecule has 0 bridgehead atoms. The van der Waals surface area contributed by atoms with Gasteiger partial charge in [0.25, 0.3) is 0 Å². The lowest BCUT2D eigenvalue weighted by Crippen LogP contribution is -2.39. The van der Waals surface area contributed by atoms with E-state index < -0.39 is 11.7 Å². The van der Waals surface area contributed by atoms with Crippen molar-refractivity contribution in [3.63, 3.8) is 0 Å². The summed E-state index contributed by atoms with van der Waals surface area (Å²) in [5.41, 5.74) is 4.69. The molecular weight excluding hydrogens is 605 g/mol. The highest BCUT2D eigenvalue weighted by molar-refractivity contribution is 7.99. The molecule has 0 saturated heterocycles. The number of carbonyl (C=O) groups is 1. The predicted molar refractivity (Wildman–Crippen MR) is 190 cm³/mol. The van der Waals surface area contributed by atoms with Crippen LogP contribution in [-0.2, 0) is 26.8 Å². The first-order chi connectivity index (χ1) is 22.1. The maximum absolute atomic E-state index is 13.5. The van der Waals surface area contributed by atoms with Crippen LogP contribution in [0.25, 0.3) is 0 Å². The Morgan fingerprint density at radius 1 is 0.894 bits per heavy atom. The molecule has 0 heterocycles. The van der Waals surface area contributed by atoms with Crippen LogP contribution in [0.4, 0.5) is 0 Å². The number of aryl methyl sites for hydroxylation is 1. The zero-order chi connectivity index (χ0) is 34.0. The number of ether oxygens (including phenoxy) is 2. The third kappa shape index (κ3) is 8.60. The van der Waals surface area contributed by atoms with Gasteiger partial charge in [-0.1, -0.05) is 76.7 Å². The Kier molecular flexibility index (Phi) is 10.1. The van der Waals surface area contributed by atoms with Gasteiger partial charge in [-0.25, -0.2) is 0 Å². The van der Waals surface area contributed by atoms with Crippen molar-refractivity contribution >= 4 is 17.7 Å². The molecule has 1 aliphatic carbocycles. The Bertz CT molecular complexity index is 1700. The minimum Gasteiger partial charge on any atom is -0.508 e. The van der Waals surface area contributed by atoms with Gasteiger partial charge in [0.1, 0.15) is 22.8 Å². The van der Waals surface area contributed by atoms with Gasteiger partial charge in [-0.3, -0.25) is 4.79 Å². The first kappa shape index (κ1) is 34.6. The quantitative estimate of drug-likeness (QED) is 0.175. The van der Waals surface area contributed by atoms with Gasteiger partial charge in [0.05, 0.1) is 12.5 Å². The number of rotatable bonds is 9. The molecule has 0 unspecified atom stereocenters. The van der Waals surface area contributed by atoms with Crippen molar-refractivity contribution in [2.45, 2.75) is 113 Å². The van der Waals surface area contributed by atoms with Crippen molar-refractivity contribution in [1.29, 1.82) is 0 Å². The minimum atomic E-state index is -0.677. The van der Waals surface area contributed by atoms with E-state index in [2.05, 4.69) is 71.9 Å². The number of esters is 1. The lowest BCUT2D eigenvalue weighted by atomic mass is 9.75. The fourth-order valence-corrected chi connectivity index (χ4v) is 7.41. The van der Waals surface area contributed by atoms with Gasteiger partial charge in [0.2, 0.25) is 0 Å². The fraction of sp³-hybridized carbons (Fsp3) is 0.390. The van der Waals surface area contributed by atoms with Gasteiger partial charge in [-0.15, -0.1) is 0 Å². The van der Waals surface area contributed by atoms with E-state index in [4.69, 9.17) is 9.47 Å². The molecular formula is C41H48O5S. The van der Waals surface area contributed by atoms with E-state index in [0.717, 1.165) is 40.2 Å². The summed E-state index contributed by atoms with van der Waals surface area (Å²) < 4.78 is 12.5. The molecule has 4 aromatic carbocycles. The van der Waals surface area contributed by atoms with Crippen molar-refractivity contribution in [3.8, 4) is 17.2 Å². The second kappa shape index (κ2) is 13.8. The van der Waals surface area contributed by atoms with Gasteiger partial charge < -0.3 is 19.7 Å². The largest absolute Gasteiger partial charge is 0.508 e. The molecule has 0 radical (unpaired) electrons. The molecule has 0 aliphatic heterocycles. The van der Waals surface area contributed by atoms with Crippen molar-refractivity contribution < 1.29 is 24.5 Å². The summed E-state index contributed by atoms with van der Waals surface area (Å²) in [5, 5.41) is 19.8. The molecule has 0 spiro atoms. The van der Waals surface area contributed by atoms with Crippen LogP contribution in [0.3, 0.4) is 0 Å². The van der Waals surface area contributed by atoms with E-state index in [-0.39, 0.29) is 29.0 Å². The number of hydrogen-bond acceptors (Lipinski definition) is 6. The van der Waals surface area contributed by atoms with E-state index in [1.54, 1.807) is 23.9 Å². The average Bonchev–Trinajstić information content (AvgIpc) is 2.99. The van der Waals surface area contributed by atoms with Gasteiger partial charge >= 0.3 is 5.97 Å². The van der Waals surface area contributed by atoms with Gasteiger partial charge in [-0.2, -0.15) is 0 Å². The van der Waals surface area contributed by atoms with Crippen LogP contribution in [0.1, 0.15) is 95.0 Å². The number of aliphatic hydroxyl groups is 1. The summed E-state index contributed by atoms with van der Waals surface area (Å²) in [5.74, 6) is 1.18. The molecule has 248 valence electrons. The van der Waals surface area contributed by atoms with Crippen LogP contribution in [0.2, 0.25) is 0 Å². The first-order valence-corrected chi connectivity index (χ1v) is 17.3. The predicted octanol–water partition coefficient (Wildman–Crippen LogP) is 10.0. The van der Waals surface area contributed by atoms with E-state index in [0.29, 0.717) is 17.9 Å². The maximum Gasteiger partial charge on any atom is 0.310 e. The molecule has 4 aromatic rings. The standard InChI is InChI=1S/C41H48O5S/c1-27-23-29(10-20-36(27)39(2,3)4)40(5,6)30-11-21-37(28(24-30)25-38(44)46-41(7)22-8-9-32(43)26-41)45-33-14-18-35(19-15-33)47-34-16-12-31(42)13-17-34/h10-21,23-24,32,42-43H,8-9,22,25-26H2,1-7H3/t32-,41+/m0/s1. The number of hydrogen-bond donors (Lipinski definition) is 2. The van der Waals surface area contributed by atoms with Crippen LogP contribution < -0.4 is 4.74 Å². The number of benzene rings is 4. The van der Waals surface area contributed by atoms with Crippen molar-refractivity contribution in [2.75, 3.05) is 0 Å². The Morgan fingerprint density at radius 2 is 1.51 bits per heavy atom. The molecule has 1 aliphatic rings. The van der Waals surface area contributed by atoms with Crippen molar-refractivity contribution in [2.24, 2.45) is 0 Å². The van der Waals surface area contributed by atoms with E-state index in [9.17, 15) is 15.0 Å². The van der Waals surface area contributed by atoms with Crippen LogP contribution in [-0.4, -0.2) is 27.9 Å². The second-order valence-corrected chi connectivity index (χ2v) is 15.9. The highest BCUT2D eigenvalue weighted by Crippen LogP contribution is 2.39. The summed E-state index contributed by atoms with van der Waals surface area (Å²) >= 11 is 1.60. The summed E-state index contributed by atoms with van der Waals surface area (Å²) in [7, 11) is 0. The van der Waals surface area contributed by atoms with Crippen LogP contribution >= 0.6 is 11.8 Å². The summed E-state index contributed by atoms with van der Waals surface area (Å²) in [4.78, 5) is 15.5. The Morgan fingerprint density at radius 3 is 2.13 bits per heavy atom. The highest BCUT2D eigenvalue weighted by Gasteiger charge is 2.35. The van der Waals surface area contributed by atoms with Gasteiger partial charge in [-0.05, 0) is 115 Å². The lowest BCUT2D eigenvalue weighted by molar-refractivity contribution is -0.163. The molecule has 5 rings (SSSR count). The Balaban J connectivity index is 1.42. The lowest BCUT2D eigenvalue weighted by Gasteiger charge is -2.35. The number of phenols is 1. The molecule has 0 amide bonds. The highest BCUT2D eigenvalue weighted by atomic mass is 32.2. The normalized spacial score (nSPS) is 18.5.